The first-order chi connectivity index (χ1) is 6.83. The van der Waals surface area contributed by atoms with Crippen molar-refractivity contribution in [2.75, 3.05) is 18.0 Å². The van der Waals surface area contributed by atoms with Crippen molar-refractivity contribution >= 4 is 5.69 Å². The Balaban J connectivity index is 2.41. The van der Waals surface area contributed by atoms with Gasteiger partial charge in [-0.25, -0.2) is 0 Å². The lowest BCUT2D eigenvalue weighted by Gasteiger charge is -2.23. The summed E-state index contributed by atoms with van der Waals surface area (Å²) in [6.07, 6.45) is 1.68. The molecule has 0 saturated heterocycles. The molecule has 1 N–H and O–H groups in total. The largest absolute Gasteiger partial charge is 0.388 e. The van der Waals surface area contributed by atoms with Crippen molar-refractivity contribution in [2.45, 2.75) is 25.9 Å². The van der Waals surface area contributed by atoms with Crippen molar-refractivity contribution in [3.8, 4) is 0 Å². The fourth-order valence-corrected chi connectivity index (χ4v) is 2.14. The van der Waals surface area contributed by atoms with Gasteiger partial charge in [-0.2, -0.15) is 0 Å². The van der Waals surface area contributed by atoms with Gasteiger partial charge in [0.15, 0.2) is 0 Å². The van der Waals surface area contributed by atoms with E-state index >= 15 is 0 Å². The molecule has 2 rings (SSSR count). The van der Waals surface area contributed by atoms with Gasteiger partial charge in [0.2, 0.25) is 0 Å². The van der Waals surface area contributed by atoms with Crippen LogP contribution in [0.2, 0.25) is 0 Å². The molecule has 1 aromatic rings. The Hall–Kier alpha value is -1.02. The van der Waals surface area contributed by atoms with Crippen LogP contribution < -0.4 is 4.90 Å². The van der Waals surface area contributed by atoms with Crippen LogP contribution in [0, 0.1) is 0 Å². The number of fused-ring (bicyclic) bond motifs is 1. The van der Waals surface area contributed by atoms with Gasteiger partial charge in [0.1, 0.15) is 0 Å². The van der Waals surface area contributed by atoms with E-state index in [9.17, 15) is 5.11 Å². The Labute approximate surface area is 85.2 Å². The number of anilines is 1. The summed E-state index contributed by atoms with van der Waals surface area (Å²) < 4.78 is 0. The highest BCUT2D eigenvalue weighted by Gasteiger charge is 2.19. The molecule has 0 saturated carbocycles. The quantitative estimate of drug-likeness (QED) is 0.736. The van der Waals surface area contributed by atoms with Crippen LogP contribution in [-0.2, 0) is 0 Å². The molecule has 0 aliphatic carbocycles. The number of aliphatic hydroxyl groups is 1. The topological polar surface area (TPSA) is 23.5 Å². The minimum atomic E-state index is -0.275. The van der Waals surface area contributed by atoms with Crippen LogP contribution in [0.1, 0.15) is 31.4 Å². The summed E-state index contributed by atoms with van der Waals surface area (Å²) >= 11 is 0. The molecule has 2 nitrogen and oxygen atoms in total. The molecule has 0 spiro atoms. The van der Waals surface area contributed by atoms with Crippen molar-refractivity contribution in [3.63, 3.8) is 0 Å². The van der Waals surface area contributed by atoms with E-state index in [0.29, 0.717) is 0 Å². The predicted molar refractivity (Wildman–Crippen MR) is 58.5 cm³/mol. The van der Waals surface area contributed by atoms with Gasteiger partial charge in [0, 0.05) is 24.3 Å². The van der Waals surface area contributed by atoms with Gasteiger partial charge in [0.25, 0.3) is 0 Å². The highest BCUT2D eigenvalue weighted by molar-refractivity contribution is 5.55. The summed E-state index contributed by atoms with van der Waals surface area (Å²) in [6.45, 7) is 4.24. The third kappa shape index (κ3) is 1.62. The lowest BCUT2D eigenvalue weighted by Crippen LogP contribution is -2.23. The van der Waals surface area contributed by atoms with Crippen LogP contribution in [0.25, 0.3) is 0 Å². The van der Waals surface area contributed by atoms with Gasteiger partial charge in [-0.15, -0.1) is 0 Å². The molecule has 2 heteroatoms. The number of para-hydroxylation sites is 1. The Morgan fingerprint density at radius 1 is 1.43 bits per heavy atom. The predicted octanol–water partition coefficient (Wildman–Crippen LogP) is 2.34. The van der Waals surface area contributed by atoms with E-state index in [-0.39, 0.29) is 6.10 Å². The third-order valence-electron chi connectivity index (χ3n) is 2.92. The molecule has 1 unspecified atom stereocenters. The molecule has 0 fully saturated rings. The molecule has 76 valence electrons. The van der Waals surface area contributed by atoms with Crippen molar-refractivity contribution in [1.29, 1.82) is 0 Å². The monoisotopic (exact) mass is 191 g/mol. The van der Waals surface area contributed by atoms with Crippen molar-refractivity contribution < 1.29 is 5.11 Å². The van der Waals surface area contributed by atoms with Gasteiger partial charge in [-0.1, -0.05) is 18.2 Å². The van der Waals surface area contributed by atoms with Crippen LogP contribution in [0.4, 0.5) is 5.69 Å². The van der Waals surface area contributed by atoms with Crippen LogP contribution in [0.5, 0.6) is 0 Å². The first-order valence-electron chi connectivity index (χ1n) is 5.35. The lowest BCUT2D eigenvalue weighted by atomic mass is 10.0. The number of nitrogens with zero attached hydrogens (tertiary/aromatic N) is 1. The highest BCUT2D eigenvalue weighted by atomic mass is 16.3. The van der Waals surface area contributed by atoms with E-state index in [1.165, 1.54) is 5.69 Å². The maximum Gasteiger partial charge on any atom is 0.0810 e. The van der Waals surface area contributed by atoms with E-state index in [2.05, 4.69) is 17.9 Å². The number of benzene rings is 1. The zero-order valence-corrected chi connectivity index (χ0v) is 8.61. The van der Waals surface area contributed by atoms with Crippen molar-refractivity contribution in [3.05, 3.63) is 29.8 Å². The standard InChI is InChI=1S/C12H17NO/c1-2-13-9-5-8-12(14)10-6-3-4-7-11(10)13/h3-4,6-7,12,14H,2,5,8-9H2,1H3. The summed E-state index contributed by atoms with van der Waals surface area (Å²) in [5.41, 5.74) is 2.30. The van der Waals surface area contributed by atoms with Gasteiger partial charge >= 0.3 is 0 Å². The minimum Gasteiger partial charge on any atom is -0.388 e. The van der Waals surface area contributed by atoms with Gasteiger partial charge < -0.3 is 10.0 Å². The Bertz CT molecular complexity index is 311. The van der Waals surface area contributed by atoms with Crippen molar-refractivity contribution in [1.82, 2.24) is 0 Å². The zero-order valence-electron chi connectivity index (χ0n) is 8.61. The molecule has 1 heterocycles. The molecule has 14 heavy (non-hydrogen) atoms. The molecular formula is C12H17NO. The average Bonchev–Trinajstić information content (AvgIpc) is 2.39. The summed E-state index contributed by atoms with van der Waals surface area (Å²) in [4.78, 5) is 2.34. The molecule has 1 atom stereocenters. The maximum absolute atomic E-state index is 9.93. The van der Waals surface area contributed by atoms with Crippen LogP contribution in [0.15, 0.2) is 24.3 Å². The Morgan fingerprint density at radius 3 is 3.00 bits per heavy atom. The molecule has 1 aliphatic rings. The Morgan fingerprint density at radius 2 is 2.21 bits per heavy atom. The first kappa shape index (κ1) is 9.53. The second kappa shape index (κ2) is 4.01. The summed E-state index contributed by atoms with van der Waals surface area (Å²) in [5.74, 6) is 0. The minimum absolute atomic E-state index is 0.275. The van der Waals surface area contributed by atoms with E-state index in [1.807, 2.05) is 18.2 Å². The highest BCUT2D eigenvalue weighted by Crippen LogP contribution is 2.32. The second-order valence-corrected chi connectivity index (χ2v) is 3.80. The van der Waals surface area contributed by atoms with Crippen molar-refractivity contribution in [2.24, 2.45) is 0 Å². The van der Waals surface area contributed by atoms with E-state index in [0.717, 1.165) is 31.5 Å². The molecule has 0 amide bonds. The normalized spacial score (nSPS) is 21.6. The summed E-state index contributed by atoms with van der Waals surface area (Å²) in [6, 6.07) is 8.18. The number of hydrogen-bond donors (Lipinski definition) is 1. The molecule has 0 bridgehead atoms. The first-order valence-corrected chi connectivity index (χ1v) is 5.35. The fourth-order valence-electron chi connectivity index (χ4n) is 2.14. The van der Waals surface area contributed by atoms with Gasteiger partial charge in [-0.05, 0) is 25.8 Å². The second-order valence-electron chi connectivity index (χ2n) is 3.80. The van der Waals surface area contributed by atoms with E-state index < -0.39 is 0 Å². The third-order valence-corrected chi connectivity index (χ3v) is 2.92. The van der Waals surface area contributed by atoms with Crippen LogP contribution >= 0.6 is 0 Å². The molecular weight excluding hydrogens is 174 g/mol. The molecule has 1 aliphatic heterocycles. The average molecular weight is 191 g/mol. The van der Waals surface area contributed by atoms with Crippen LogP contribution in [-0.4, -0.2) is 18.2 Å². The number of hydrogen-bond acceptors (Lipinski definition) is 2. The Kier molecular flexibility index (Phi) is 2.73. The van der Waals surface area contributed by atoms with E-state index in [1.54, 1.807) is 0 Å². The number of aliphatic hydroxyl groups excluding tert-OH is 1. The molecule has 0 aromatic heterocycles. The summed E-state index contributed by atoms with van der Waals surface area (Å²) in [5, 5.41) is 9.93. The van der Waals surface area contributed by atoms with Gasteiger partial charge in [-0.3, -0.25) is 0 Å². The smallest absolute Gasteiger partial charge is 0.0810 e. The van der Waals surface area contributed by atoms with E-state index in [4.69, 9.17) is 0 Å². The molecule has 1 aromatic carbocycles. The number of rotatable bonds is 1. The zero-order chi connectivity index (χ0) is 9.97. The fraction of sp³-hybridized carbons (Fsp3) is 0.500. The van der Waals surface area contributed by atoms with Crippen LogP contribution in [0.3, 0.4) is 0 Å². The molecule has 0 radical (unpaired) electrons. The summed E-state index contributed by atoms with van der Waals surface area (Å²) in [7, 11) is 0. The SMILES string of the molecule is CCN1CCCC(O)c2ccccc21. The maximum atomic E-state index is 9.93. The van der Waals surface area contributed by atoms with Gasteiger partial charge in [0.05, 0.1) is 6.10 Å². The lowest BCUT2D eigenvalue weighted by molar-refractivity contribution is 0.168.